The number of anilines is 3. The third-order valence-corrected chi connectivity index (χ3v) is 6.17. The average Bonchev–Trinajstić information content (AvgIpc) is 2.99. The number of fused-ring (bicyclic) bond motifs is 3. The summed E-state index contributed by atoms with van der Waals surface area (Å²) in [5, 5.41) is 2.64. The molecule has 2 nitrogen and oxygen atoms in total. The normalized spacial score (nSPS) is 17.4. The molecule has 0 saturated carbocycles. The molecular weight excluding hydrogens is 316 g/mol. The summed E-state index contributed by atoms with van der Waals surface area (Å²) in [6.45, 7) is 12.6. The molecule has 0 fully saturated rings. The van der Waals surface area contributed by atoms with Gasteiger partial charge in [0.05, 0.1) is 18.0 Å². The fraction of sp³-hybridized carbons (Fsp3) is 0.333. The standard InChI is InChI=1S/C24H26N2/c1-23(2,3)26-15-25-21-14-17-10-7-6-9-16(17)13-19(21)24(4,5)18-11-8-12-20(26)22(18)25/h6-14H,15H2,1-5H3. The molecule has 3 aromatic rings. The van der Waals surface area contributed by atoms with Crippen molar-refractivity contribution in [2.45, 2.75) is 45.6 Å². The van der Waals surface area contributed by atoms with Gasteiger partial charge in [-0.1, -0.05) is 50.2 Å². The summed E-state index contributed by atoms with van der Waals surface area (Å²) in [7, 11) is 0. The summed E-state index contributed by atoms with van der Waals surface area (Å²) in [5.41, 5.74) is 7.07. The van der Waals surface area contributed by atoms with E-state index >= 15 is 0 Å². The van der Waals surface area contributed by atoms with Gasteiger partial charge in [0.15, 0.2) is 0 Å². The quantitative estimate of drug-likeness (QED) is 0.480. The van der Waals surface area contributed by atoms with Gasteiger partial charge >= 0.3 is 0 Å². The van der Waals surface area contributed by atoms with Crippen molar-refractivity contribution in [1.82, 2.24) is 0 Å². The lowest BCUT2D eigenvalue weighted by Crippen LogP contribution is -2.43. The molecule has 0 atom stereocenters. The number of hydrogen-bond donors (Lipinski definition) is 0. The number of rotatable bonds is 0. The maximum atomic E-state index is 2.53. The molecule has 2 heterocycles. The number of benzene rings is 3. The van der Waals surface area contributed by atoms with Crippen LogP contribution in [0, 0.1) is 0 Å². The number of hydrogen-bond acceptors (Lipinski definition) is 2. The number of nitrogens with zero attached hydrogens (tertiary/aromatic N) is 2. The van der Waals surface area contributed by atoms with Crippen molar-refractivity contribution in [2.75, 3.05) is 16.5 Å². The van der Waals surface area contributed by atoms with Crippen molar-refractivity contribution in [2.24, 2.45) is 0 Å². The summed E-state index contributed by atoms with van der Waals surface area (Å²) in [5.74, 6) is 0. The van der Waals surface area contributed by atoms with E-state index in [1.807, 2.05) is 0 Å². The molecule has 5 rings (SSSR count). The lowest BCUT2D eigenvalue weighted by Gasteiger charge is -2.40. The Labute approximate surface area is 156 Å². The van der Waals surface area contributed by atoms with Crippen molar-refractivity contribution in [1.29, 1.82) is 0 Å². The molecular formula is C24H26N2. The van der Waals surface area contributed by atoms with E-state index in [0.717, 1.165) is 6.67 Å². The fourth-order valence-electron chi connectivity index (χ4n) is 4.69. The zero-order valence-corrected chi connectivity index (χ0v) is 16.3. The molecule has 2 heteroatoms. The smallest absolute Gasteiger partial charge is 0.0958 e. The van der Waals surface area contributed by atoms with Crippen LogP contribution in [0.25, 0.3) is 10.8 Å². The molecule has 0 radical (unpaired) electrons. The van der Waals surface area contributed by atoms with Crippen molar-refractivity contribution in [3.63, 3.8) is 0 Å². The molecule has 0 saturated heterocycles. The maximum Gasteiger partial charge on any atom is 0.0958 e. The fourth-order valence-corrected chi connectivity index (χ4v) is 4.69. The van der Waals surface area contributed by atoms with E-state index in [9.17, 15) is 0 Å². The van der Waals surface area contributed by atoms with Crippen LogP contribution in [-0.2, 0) is 5.41 Å². The van der Waals surface area contributed by atoms with E-state index in [4.69, 9.17) is 0 Å². The van der Waals surface area contributed by atoms with E-state index in [-0.39, 0.29) is 11.0 Å². The first-order chi connectivity index (χ1) is 12.3. The van der Waals surface area contributed by atoms with Gasteiger partial charge in [-0.2, -0.15) is 0 Å². The molecule has 132 valence electrons. The largest absolute Gasteiger partial charge is 0.347 e. The monoisotopic (exact) mass is 342 g/mol. The second-order valence-corrected chi connectivity index (χ2v) is 9.18. The lowest BCUT2D eigenvalue weighted by molar-refractivity contribution is 0.517. The predicted molar refractivity (Wildman–Crippen MR) is 112 cm³/mol. The van der Waals surface area contributed by atoms with Gasteiger partial charge in [-0.3, -0.25) is 0 Å². The van der Waals surface area contributed by atoms with Gasteiger partial charge in [-0.15, -0.1) is 0 Å². The van der Waals surface area contributed by atoms with Crippen LogP contribution in [0.2, 0.25) is 0 Å². The van der Waals surface area contributed by atoms with Gasteiger partial charge in [-0.05, 0) is 60.9 Å². The van der Waals surface area contributed by atoms with Crippen molar-refractivity contribution >= 4 is 27.8 Å². The van der Waals surface area contributed by atoms with Crippen LogP contribution in [-0.4, -0.2) is 12.2 Å². The van der Waals surface area contributed by atoms with Gasteiger partial charge in [-0.25, -0.2) is 0 Å². The Morgan fingerprint density at radius 2 is 1.50 bits per heavy atom. The maximum absolute atomic E-state index is 2.53. The third kappa shape index (κ3) is 1.93. The second kappa shape index (κ2) is 4.82. The Kier molecular flexibility index (Phi) is 2.92. The van der Waals surface area contributed by atoms with Crippen LogP contribution >= 0.6 is 0 Å². The van der Waals surface area contributed by atoms with Crippen LogP contribution in [0.4, 0.5) is 17.1 Å². The van der Waals surface area contributed by atoms with Crippen LogP contribution in [0.1, 0.15) is 45.7 Å². The van der Waals surface area contributed by atoms with Crippen LogP contribution in [0.15, 0.2) is 54.6 Å². The second-order valence-electron chi connectivity index (χ2n) is 9.18. The Bertz CT molecular complexity index is 1040. The minimum absolute atomic E-state index is 0.00486. The van der Waals surface area contributed by atoms with Crippen LogP contribution in [0.5, 0.6) is 0 Å². The first-order valence-electron chi connectivity index (χ1n) is 9.50. The molecule has 3 aromatic carbocycles. The van der Waals surface area contributed by atoms with E-state index < -0.39 is 0 Å². The highest BCUT2D eigenvalue weighted by Crippen LogP contribution is 2.56. The average molecular weight is 342 g/mol. The van der Waals surface area contributed by atoms with Crippen molar-refractivity contribution in [3.05, 3.63) is 65.7 Å². The van der Waals surface area contributed by atoms with Gasteiger partial charge in [0.2, 0.25) is 0 Å². The highest BCUT2D eigenvalue weighted by Gasteiger charge is 2.43. The summed E-state index contributed by atoms with van der Waals surface area (Å²) in [6.07, 6.45) is 0. The third-order valence-electron chi connectivity index (χ3n) is 6.17. The summed E-state index contributed by atoms with van der Waals surface area (Å²) < 4.78 is 0. The molecule has 2 aliphatic rings. The van der Waals surface area contributed by atoms with Crippen LogP contribution < -0.4 is 9.80 Å². The van der Waals surface area contributed by atoms with E-state index in [0.29, 0.717) is 0 Å². The molecule has 2 aliphatic heterocycles. The first kappa shape index (κ1) is 15.7. The Morgan fingerprint density at radius 1 is 0.808 bits per heavy atom. The molecule has 0 bridgehead atoms. The molecule has 0 aliphatic carbocycles. The van der Waals surface area contributed by atoms with Crippen molar-refractivity contribution in [3.8, 4) is 0 Å². The number of para-hydroxylation sites is 1. The van der Waals surface area contributed by atoms with E-state index in [1.165, 1.54) is 39.0 Å². The summed E-state index contributed by atoms with van der Waals surface area (Å²) in [4.78, 5) is 5.06. The van der Waals surface area contributed by atoms with Gasteiger partial charge < -0.3 is 9.80 Å². The zero-order chi connectivity index (χ0) is 18.3. The van der Waals surface area contributed by atoms with Crippen molar-refractivity contribution < 1.29 is 0 Å². The van der Waals surface area contributed by atoms with E-state index in [1.54, 1.807) is 0 Å². The molecule has 0 unspecified atom stereocenters. The minimum atomic E-state index is -0.00486. The van der Waals surface area contributed by atoms with E-state index in [2.05, 4.69) is 99.0 Å². The van der Waals surface area contributed by atoms with Gasteiger partial charge in [0, 0.05) is 16.6 Å². The highest BCUT2D eigenvalue weighted by atomic mass is 15.4. The molecule has 0 N–H and O–H groups in total. The topological polar surface area (TPSA) is 6.48 Å². The molecule has 0 amide bonds. The summed E-state index contributed by atoms with van der Waals surface area (Å²) in [6, 6.07) is 20.3. The highest BCUT2D eigenvalue weighted by molar-refractivity contribution is 5.96. The Morgan fingerprint density at radius 3 is 2.19 bits per heavy atom. The van der Waals surface area contributed by atoms with Crippen LogP contribution in [0.3, 0.4) is 0 Å². The Balaban J connectivity index is 1.84. The summed E-state index contributed by atoms with van der Waals surface area (Å²) >= 11 is 0. The molecule has 0 spiro atoms. The molecule has 26 heavy (non-hydrogen) atoms. The lowest BCUT2D eigenvalue weighted by atomic mass is 9.73. The molecule has 0 aromatic heterocycles. The Hall–Kier alpha value is -2.48. The minimum Gasteiger partial charge on any atom is -0.347 e. The first-order valence-corrected chi connectivity index (χ1v) is 9.50. The zero-order valence-electron chi connectivity index (χ0n) is 16.3. The van der Waals surface area contributed by atoms with Gasteiger partial charge in [0.1, 0.15) is 0 Å². The SMILES string of the molecule is CC1(C)c2cc3ccccc3cc2N2CN(C(C)(C)C)c3cccc1c32. The predicted octanol–water partition coefficient (Wildman–Crippen LogP) is 6.19. The van der Waals surface area contributed by atoms with Gasteiger partial charge in [0.25, 0.3) is 0 Å².